The number of aromatic nitrogens is 1. The quantitative estimate of drug-likeness (QED) is 0.883. The number of nitrogens with one attached hydrogen (secondary N) is 1. The number of carbonyl (C=O) groups is 1. The molecule has 0 aliphatic heterocycles. The van der Waals surface area contributed by atoms with Crippen LogP contribution in [0.25, 0.3) is 10.9 Å². The minimum absolute atomic E-state index is 0.289. The smallest absolute Gasteiger partial charge is 0.418 e. The number of fused-ring (bicyclic) bond motifs is 1. The van der Waals surface area contributed by atoms with Gasteiger partial charge in [0.1, 0.15) is 11.6 Å². The van der Waals surface area contributed by atoms with E-state index in [1.54, 1.807) is 20.8 Å². The van der Waals surface area contributed by atoms with E-state index in [4.69, 9.17) is 9.15 Å². The van der Waals surface area contributed by atoms with Gasteiger partial charge in [-0.1, -0.05) is 6.07 Å². The van der Waals surface area contributed by atoms with Crippen LogP contribution in [0.2, 0.25) is 0 Å². The van der Waals surface area contributed by atoms with Crippen molar-refractivity contribution in [3.05, 3.63) is 40.1 Å². The van der Waals surface area contributed by atoms with Gasteiger partial charge in [0.25, 0.3) is 0 Å². The molecule has 1 heterocycles. The zero-order chi connectivity index (χ0) is 19.0. The molecule has 136 valence electrons. The number of benzene rings is 1. The topological polar surface area (TPSA) is 81.4 Å². The summed E-state index contributed by atoms with van der Waals surface area (Å²) < 4.78 is 49.3. The average molecular weight is 358 g/mol. The summed E-state index contributed by atoms with van der Waals surface area (Å²) in [4.78, 5) is 27.5. The second-order valence-corrected chi connectivity index (χ2v) is 6.41. The average Bonchev–Trinajstić information content (AvgIpc) is 2.43. The third kappa shape index (κ3) is 4.49. The van der Waals surface area contributed by atoms with Gasteiger partial charge in [-0.2, -0.15) is 13.2 Å². The lowest BCUT2D eigenvalue weighted by atomic mass is 10.1. The van der Waals surface area contributed by atoms with E-state index in [1.807, 2.05) is 0 Å². The zero-order valence-corrected chi connectivity index (χ0v) is 14.0. The molecule has 0 bridgehead atoms. The van der Waals surface area contributed by atoms with Crippen molar-refractivity contribution in [1.29, 1.82) is 0 Å². The maximum absolute atomic E-state index is 13.1. The molecular weight excluding hydrogens is 341 g/mol. The Morgan fingerprint density at radius 2 is 1.92 bits per heavy atom. The number of alkyl carbamates (subject to hydrolysis) is 1. The molecule has 0 saturated carbocycles. The van der Waals surface area contributed by atoms with E-state index in [0.717, 1.165) is 12.1 Å². The van der Waals surface area contributed by atoms with Gasteiger partial charge in [0.2, 0.25) is 5.89 Å². The lowest BCUT2D eigenvalue weighted by Crippen LogP contribution is -2.34. The van der Waals surface area contributed by atoms with Crippen molar-refractivity contribution < 1.29 is 27.1 Å². The fraction of sp³-hybridized carbons (Fsp3) is 0.438. The van der Waals surface area contributed by atoms with Gasteiger partial charge in [-0.25, -0.2) is 14.6 Å². The van der Waals surface area contributed by atoms with Crippen LogP contribution < -0.4 is 10.9 Å². The molecule has 0 aliphatic rings. The Labute approximate surface area is 141 Å². The van der Waals surface area contributed by atoms with E-state index >= 15 is 0 Å². The van der Waals surface area contributed by atoms with Crippen molar-refractivity contribution in [3.8, 4) is 0 Å². The second kappa shape index (κ2) is 6.38. The number of rotatable bonds is 2. The first kappa shape index (κ1) is 18.8. The number of carbonyl (C=O) groups excluding carboxylic acids is 1. The fourth-order valence-electron chi connectivity index (χ4n) is 2.07. The summed E-state index contributed by atoms with van der Waals surface area (Å²) in [6.07, 6.45) is -5.49. The molecule has 0 radical (unpaired) electrons. The zero-order valence-electron chi connectivity index (χ0n) is 14.0. The minimum atomic E-state index is -4.68. The molecule has 0 saturated heterocycles. The third-order valence-corrected chi connectivity index (χ3v) is 3.08. The van der Waals surface area contributed by atoms with E-state index < -0.39 is 40.6 Å². The van der Waals surface area contributed by atoms with Gasteiger partial charge in [0.05, 0.1) is 16.5 Å². The van der Waals surface area contributed by atoms with Crippen LogP contribution in [0.1, 0.15) is 45.2 Å². The second-order valence-electron chi connectivity index (χ2n) is 6.41. The van der Waals surface area contributed by atoms with Crippen molar-refractivity contribution in [3.63, 3.8) is 0 Å². The molecule has 0 aliphatic carbocycles. The molecule has 9 heteroatoms. The summed E-state index contributed by atoms with van der Waals surface area (Å²) in [6.45, 7) is 6.38. The summed E-state index contributed by atoms with van der Waals surface area (Å²) in [5, 5.41) is 2.08. The van der Waals surface area contributed by atoms with E-state index in [-0.39, 0.29) is 11.3 Å². The normalized spacial score (nSPS) is 13.6. The van der Waals surface area contributed by atoms with Crippen molar-refractivity contribution in [2.24, 2.45) is 0 Å². The van der Waals surface area contributed by atoms with Gasteiger partial charge < -0.3 is 14.5 Å². The number of amides is 1. The first-order chi connectivity index (χ1) is 11.4. The van der Waals surface area contributed by atoms with Crippen LogP contribution in [0.5, 0.6) is 0 Å². The van der Waals surface area contributed by atoms with E-state index in [2.05, 4.69) is 10.3 Å². The standard InChI is InChI=1S/C16H17F3N2O4/c1-8(20-14(23)25-15(2,3)4)12-21-11-9(13(22)24-12)6-5-7-10(11)16(17,18)19/h5-8H,1-4H3,(H,20,23)/t8-/m0/s1. The fourth-order valence-corrected chi connectivity index (χ4v) is 2.07. The largest absolute Gasteiger partial charge is 0.444 e. The monoisotopic (exact) mass is 358 g/mol. The first-order valence-corrected chi connectivity index (χ1v) is 7.39. The third-order valence-electron chi connectivity index (χ3n) is 3.08. The molecule has 1 atom stereocenters. The summed E-state index contributed by atoms with van der Waals surface area (Å²) in [6, 6.07) is 2.16. The molecule has 1 amide bonds. The van der Waals surface area contributed by atoms with E-state index in [9.17, 15) is 22.8 Å². The van der Waals surface area contributed by atoms with Gasteiger partial charge in [-0.3, -0.25) is 0 Å². The van der Waals surface area contributed by atoms with Gasteiger partial charge >= 0.3 is 17.9 Å². The molecule has 1 aromatic carbocycles. The van der Waals surface area contributed by atoms with Crippen LogP contribution in [0.3, 0.4) is 0 Å². The number of nitrogens with zero attached hydrogens (tertiary/aromatic N) is 1. The lowest BCUT2D eigenvalue weighted by molar-refractivity contribution is -0.136. The Morgan fingerprint density at radius 3 is 2.48 bits per heavy atom. The van der Waals surface area contributed by atoms with Gasteiger partial charge in [0.15, 0.2) is 0 Å². The molecule has 0 spiro atoms. The maximum Gasteiger partial charge on any atom is 0.418 e. The molecule has 0 fully saturated rings. The summed E-state index contributed by atoms with van der Waals surface area (Å²) >= 11 is 0. The first-order valence-electron chi connectivity index (χ1n) is 7.39. The van der Waals surface area contributed by atoms with E-state index in [1.165, 1.54) is 13.0 Å². The highest BCUT2D eigenvalue weighted by Gasteiger charge is 2.34. The van der Waals surface area contributed by atoms with Crippen LogP contribution in [0.4, 0.5) is 18.0 Å². The lowest BCUT2D eigenvalue weighted by Gasteiger charge is -2.21. The Hall–Kier alpha value is -2.58. The van der Waals surface area contributed by atoms with Crippen LogP contribution in [-0.2, 0) is 10.9 Å². The summed E-state index contributed by atoms with van der Waals surface area (Å²) in [5.41, 5.74) is -3.31. The van der Waals surface area contributed by atoms with Gasteiger partial charge in [-0.05, 0) is 39.8 Å². The molecule has 6 nitrogen and oxygen atoms in total. The van der Waals surface area contributed by atoms with Gasteiger partial charge in [0, 0.05) is 0 Å². The van der Waals surface area contributed by atoms with Crippen LogP contribution in [-0.4, -0.2) is 16.7 Å². The molecule has 1 aromatic heterocycles. The highest BCUT2D eigenvalue weighted by molar-refractivity contribution is 5.81. The molecular formula is C16H17F3N2O4. The van der Waals surface area contributed by atoms with Crippen molar-refractivity contribution >= 4 is 17.0 Å². The van der Waals surface area contributed by atoms with E-state index in [0.29, 0.717) is 0 Å². The highest BCUT2D eigenvalue weighted by atomic mass is 19.4. The predicted molar refractivity (Wildman–Crippen MR) is 83.1 cm³/mol. The maximum atomic E-state index is 13.1. The number of para-hydroxylation sites is 1. The van der Waals surface area contributed by atoms with Crippen LogP contribution in [0.15, 0.2) is 27.4 Å². The van der Waals surface area contributed by atoms with Gasteiger partial charge in [-0.15, -0.1) is 0 Å². The van der Waals surface area contributed by atoms with Crippen molar-refractivity contribution in [2.45, 2.75) is 45.5 Å². The number of alkyl halides is 3. The van der Waals surface area contributed by atoms with Crippen LogP contribution >= 0.6 is 0 Å². The number of hydrogen-bond donors (Lipinski definition) is 1. The minimum Gasteiger partial charge on any atom is -0.444 e. The molecule has 0 unspecified atom stereocenters. The van der Waals surface area contributed by atoms with Crippen LogP contribution in [0, 0.1) is 0 Å². The molecule has 2 aromatic rings. The Morgan fingerprint density at radius 1 is 1.28 bits per heavy atom. The predicted octanol–water partition coefficient (Wildman–Crippen LogP) is 3.79. The number of hydrogen-bond acceptors (Lipinski definition) is 5. The molecule has 25 heavy (non-hydrogen) atoms. The highest BCUT2D eigenvalue weighted by Crippen LogP contribution is 2.33. The Bertz CT molecular complexity index is 853. The van der Waals surface area contributed by atoms with Crippen molar-refractivity contribution in [2.75, 3.05) is 0 Å². The Kier molecular flexibility index (Phi) is 4.79. The summed E-state index contributed by atoms with van der Waals surface area (Å²) in [7, 11) is 0. The molecule has 1 N–H and O–H groups in total. The molecule has 2 rings (SSSR count). The van der Waals surface area contributed by atoms with Crippen molar-refractivity contribution in [1.82, 2.24) is 10.3 Å². The SMILES string of the molecule is C[C@H](NC(=O)OC(C)(C)C)c1nc2c(C(F)(F)F)cccc2c(=O)o1. The Balaban J connectivity index is 2.43. The number of halogens is 3. The summed E-state index contributed by atoms with van der Waals surface area (Å²) in [5.74, 6) is -0.347. The number of ether oxygens (including phenoxy) is 1.